The van der Waals surface area contributed by atoms with E-state index in [1.54, 1.807) is 19.2 Å². The monoisotopic (exact) mass is 406 g/mol. The third-order valence-corrected chi connectivity index (χ3v) is 6.53. The molecule has 28 heavy (non-hydrogen) atoms. The maximum Gasteiger partial charge on any atom is 0.253 e. The Kier molecular flexibility index (Phi) is 6.31. The van der Waals surface area contributed by atoms with Crippen LogP contribution >= 0.6 is 0 Å². The average Bonchev–Trinajstić information content (AvgIpc) is 3.24. The van der Waals surface area contributed by atoms with Crippen molar-refractivity contribution in [2.75, 3.05) is 33.3 Å². The molecule has 0 aliphatic carbocycles. The number of hydrogen-bond acceptors (Lipinski definition) is 4. The van der Waals surface area contributed by atoms with Crippen LogP contribution in [0.15, 0.2) is 53.4 Å². The highest BCUT2D eigenvalue weighted by Crippen LogP contribution is 2.22. The second-order valence-electron chi connectivity index (χ2n) is 6.67. The lowest BCUT2D eigenvalue weighted by Crippen LogP contribution is -2.31. The fourth-order valence-corrected chi connectivity index (χ4v) is 4.58. The van der Waals surface area contributed by atoms with E-state index in [1.807, 2.05) is 0 Å². The van der Waals surface area contributed by atoms with E-state index < -0.39 is 10.0 Å². The lowest BCUT2D eigenvalue weighted by molar-refractivity contribution is 0.0773. The Morgan fingerprint density at radius 2 is 1.82 bits per heavy atom. The van der Waals surface area contributed by atoms with Crippen LogP contribution in [0.2, 0.25) is 0 Å². The van der Waals surface area contributed by atoms with Gasteiger partial charge in [0, 0.05) is 25.7 Å². The number of carbonyl (C=O) groups excluding carboxylic acids is 1. The number of sulfonamides is 1. The zero-order chi connectivity index (χ0) is 20.1. The first-order valence-electron chi connectivity index (χ1n) is 9.12. The van der Waals surface area contributed by atoms with Gasteiger partial charge in [-0.2, -0.15) is 4.31 Å². The highest BCUT2D eigenvalue weighted by molar-refractivity contribution is 7.89. The molecule has 6 nitrogen and oxygen atoms in total. The second kappa shape index (κ2) is 8.70. The van der Waals surface area contributed by atoms with Crippen LogP contribution in [0, 0.1) is 5.82 Å². The molecule has 150 valence electrons. The number of nitrogens with zero attached hydrogens (tertiary/aromatic N) is 2. The van der Waals surface area contributed by atoms with Gasteiger partial charge in [0.05, 0.1) is 11.4 Å². The van der Waals surface area contributed by atoms with Crippen molar-refractivity contribution in [3.8, 4) is 5.75 Å². The molecule has 2 aromatic rings. The molecule has 1 heterocycles. The summed E-state index contributed by atoms with van der Waals surface area (Å²) >= 11 is 0. The molecule has 0 bridgehead atoms. The predicted molar refractivity (Wildman–Crippen MR) is 103 cm³/mol. The largest absolute Gasteiger partial charge is 0.492 e. The van der Waals surface area contributed by atoms with Crippen molar-refractivity contribution in [2.45, 2.75) is 17.7 Å². The standard InChI is InChI=1S/C20H23FN2O4S/c1-22(13-14-27-18-9-7-17(21)8-10-18)20(24)16-5-4-6-19(15-16)28(25,26)23-11-2-3-12-23/h4-10,15H,2-3,11-14H2,1H3. The zero-order valence-corrected chi connectivity index (χ0v) is 16.5. The first-order valence-corrected chi connectivity index (χ1v) is 10.6. The molecule has 0 unspecified atom stereocenters. The average molecular weight is 406 g/mol. The minimum absolute atomic E-state index is 0.135. The first kappa shape index (κ1) is 20.3. The third kappa shape index (κ3) is 4.69. The van der Waals surface area contributed by atoms with Crippen LogP contribution in [-0.2, 0) is 10.0 Å². The van der Waals surface area contributed by atoms with Crippen LogP contribution in [0.25, 0.3) is 0 Å². The summed E-state index contributed by atoms with van der Waals surface area (Å²) in [4.78, 5) is 14.2. The molecule has 0 spiro atoms. The van der Waals surface area contributed by atoms with Gasteiger partial charge in [-0.1, -0.05) is 6.07 Å². The molecule has 0 N–H and O–H groups in total. The molecule has 3 rings (SSSR count). The van der Waals surface area contributed by atoms with E-state index in [1.165, 1.54) is 45.6 Å². The maximum absolute atomic E-state index is 12.9. The molecule has 1 fully saturated rings. The molecule has 1 aliphatic heterocycles. The Morgan fingerprint density at radius 1 is 1.14 bits per heavy atom. The van der Waals surface area contributed by atoms with Gasteiger partial charge in [-0.25, -0.2) is 12.8 Å². The molecule has 1 amide bonds. The fourth-order valence-electron chi connectivity index (χ4n) is 3.02. The number of ether oxygens (including phenoxy) is 1. The van der Waals surface area contributed by atoms with E-state index in [-0.39, 0.29) is 23.2 Å². The number of halogens is 1. The zero-order valence-electron chi connectivity index (χ0n) is 15.7. The SMILES string of the molecule is CN(CCOc1ccc(F)cc1)C(=O)c1cccc(S(=O)(=O)N2CCCC2)c1. The van der Waals surface area contributed by atoms with Gasteiger partial charge in [-0.15, -0.1) is 0 Å². The lowest BCUT2D eigenvalue weighted by atomic mass is 10.2. The number of rotatable bonds is 7. The Hall–Kier alpha value is -2.45. The summed E-state index contributed by atoms with van der Waals surface area (Å²) in [5.74, 6) is -0.120. The Morgan fingerprint density at radius 3 is 2.50 bits per heavy atom. The van der Waals surface area contributed by atoms with Crippen LogP contribution in [-0.4, -0.2) is 56.8 Å². The van der Waals surface area contributed by atoms with Gasteiger partial charge in [-0.3, -0.25) is 4.79 Å². The van der Waals surface area contributed by atoms with Crippen LogP contribution < -0.4 is 4.74 Å². The summed E-state index contributed by atoms with van der Waals surface area (Å²) in [7, 11) is -1.95. The van der Waals surface area contributed by atoms with Crippen molar-refractivity contribution < 1.29 is 22.3 Å². The first-order chi connectivity index (χ1) is 13.4. The molecule has 8 heteroatoms. The van der Waals surface area contributed by atoms with Crippen LogP contribution in [0.4, 0.5) is 4.39 Å². The van der Waals surface area contributed by atoms with E-state index in [9.17, 15) is 17.6 Å². The van der Waals surface area contributed by atoms with Gasteiger partial charge in [0.25, 0.3) is 5.91 Å². The summed E-state index contributed by atoms with van der Waals surface area (Å²) in [5, 5.41) is 0. The topological polar surface area (TPSA) is 66.9 Å². The van der Waals surface area contributed by atoms with Crippen molar-refractivity contribution >= 4 is 15.9 Å². The van der Waals surface area contributed by atoms with E-state index in [2.05, 4.69) is 0 Å². The third-order valence-electron chi connectivity index (χ3n) is 4.64. The van der Waals surface area contributed by atoms with E-state index in [4.69, 9.17) is 4.74 Å². The molecule has 2 aromatic carbocycles. The number of carbonyl (C=O) groups is 1. The van der Waals surface area contributed by atoms with Crippen molar-refractivity contribution in [3.05, 3.63) is 59.9 Å². The number of hydrogen-bond donors (Lipinski definition) is 0. The van der Waals surface area contributed by atoms with Gasteiger partial charge in [-0.05, 0) is 55.3 Å². The van der Waals surface area contributed by atoms with Gasteiger partial charge in [0.2, 0.25) is 10.0 Å². The lowest BCUT2D eigenvalue weighted by Gasteiger charge is -2.19. The highest BCUT2D eigenvalue weighted by atomic mass is 32.2. The fraction of sp³-hybridized carbons (Fsp3) is 0.350. The minimum Gasteiger partial charge on any atom is -0.492 e. The van der Waals surface area contributed by atoms with Crippen molar-refractivity contribution in [2.24, 2.45) is 0 Å². The second-order valence-corrected chi connectivity index (χ2v) is 8.61. The summed E-state index contributed by atoms with van der Waals surface area (Å²) in [6.45, 7) is 1.57. The van der Waals surface area contributed by atoms with Crippen molar-refractivity contribution in [1.29, 1.82) is 0 Å². The molecule has 1 saturated heterocycles. The molecular weight excluding hydrogens is 383 g/mol. The molecule has 0 saturated carbocycles. The van der Waals surface area contributed by atoms with Crippen LogP contribution in [0.5, 0.6) is 5.75 Å². The Bertz CT molecular complexity index is 925. The van der Waals surface area contributed by atoms with Gasteiger partial charge < -0.3 is 9.64 Å². The Balaban J connectivity index is 1.62. The van der Waals surface area contributed by atoms with Crippen LogP contribution in [0.3, 0.4) is 0 Å². The molecule has 0 aromatic heterocycles. The van der Waals surface area contributed by atoms with Gasteiger partial charge in [0.1, 0.15) is 18.2 Å². The van der Waals surface area contributed by atoms with Crippen molar-refractivity contribution in [1.82, 2.24) is 9.21 Å². The quantitative estimate of drug-likeness (QED) is 0.709. The summed E-state index contributed by atoms with van der Waals surface area (Å²) in [6, 6.07) is 11.8. The van der Waals surface area contributed by atoms with Gasteiger partial charge in [0.15, 0.2) is 0 Å². The number of benzene rings is 2. The number of amides is 1. The van der Waals surface area contributed by atoms with E-state index in [0.717, 1.165) is 12.8 Å². The highest BCUT2D eigenvalue weighted by Gasteiger charge is 2.27. The predicted octanol–water partition coefficient (Wildman–Crippen LogP) is 2.76. The molecule has 0 atom stereocenters. The molecular formula is C20H23FN2O4S. The Labute approximate surface area is 164 Å². The smallest absolute Gasteiger partial charge is 0.253 e. The minimum atomic E-state index is -3.57. The summed E-state index contributed by atoms with van der Waals surface area (Å²) < 4.78 is 45.2. The van der Waals surface area contributed by atoms with Crippen molar-refractivity contribution in [3.63, 3.8) is 0 Å². The molecule has 1 aliphatic rings. The maximum atomic E-state index is 12.9. The number of likely N-dealkylation sites (N-methyl/N-ethyl adjacent to an activating group) is 1. The van der Waals surface area contributed by atoms with Gasteiger partial charge >= 0.3 is 0 Å². The van der Waals surface area contributed by atoms with E-state index >= 15 is 0 Å². The summed E-state index contributed by atoms with van der Waals surface area (Å²) in [5.41, 5.74) is 0.310. The molecule has 0 radical (unpaired) electrons. The summed E-state index contributed by atoms with van der Waals surface area (Å²) in [6.07, 6.45) is 1.71. The van der Waals surface area contributed by atoms with E-state index in [0.29, 0.717) is 30.9 Å². The normalized spacial score (nSPS) is 14.8. The van der Waals surface area contributed by atoms with Crippen LogP contribution in [0.1, 0.15) is 23.2 Å².